The number of hydrogen-bond donors (Lipinski definition) is 1. The van der Waals surface area contributed by atoms with Gasteiger partial charge in [0, 0.05) is 44.2 Å². The van der Waals surface area contributed by atoms with Crippen LogP contribution in [0.25, 0.3) is 5.69 Å². The van der Waals surface area contributed by atoms with Crippen molar-refractivity contribution in [2.45, 2.75) is 51.9 Å². The van der Waals surface area contributed by atoms with Crippen LogP contribution in [0.4, 0.5) is 9.18 Å². The maximum Gasteiger partial charge on any atom is 0.317 e. The molecule has 0 unspecified atom stereocenters. The van der Waals surface area contributed by atoms with Gasteiger partial charge in [-0.2, -0.15) is 5.10 Å². The SMILES string of the molecule is CCNC(=O)N(Cc1nn(-c2ccc(F)cc2)c2c1CN(Cc1ccc(OC)cc1)CC2)C1CC1. The summed E-state index contributed by atoms with van der Waals surface area (Å²) in [5.74, 6) is 0.583. The van der Waals surface area contributed by atoms with Gasteiger partial charge in [0.25, 0.3) is 0 Å². The standard InChI is InChI=1S/C27H32FN5O2/c1-3-29-27(34)32(21-10-11-21)18-25-24-17-31(16-19-4-12-23(35-2)13-5-19)15-14-26(24)33(30-25)22-8-6-20(28)7-9-22/h4-9,12-13,21H,3,10-11,14-18H2,1-2H3,(H,29,34). The van der Waals surface area contributed by atoms with Crippen LogP contribution in [-0.2, 0) is 26.1 Å². The molecule has 35 heavy (non-hydrogen) atoms. The molecule has 7 nitrogen and oxygen atoms in total. The quantitative estimate of drug-likeness (QED) is 0.526. The van der Waals surface area contributed by atoms with Crippen LogP contribution in [0.1, 0.15) is 42.3 Å². The minimum Gasteiger partial charge on any atom is -0.497 e. The molecule has 0 atom stereocenters. The van der Waals surface area contributed by atoms with E-state index in [4.69, 9.17) is 9.84 Å². The molecule has 1 aliphatic carbocycles. The lowest BCUT2D eigenvalue weighted by Crippen LogP contribution is -2.41. The third kappa shape index (κ3) is 5.17. The summed E-state index contributed by atoms with van der Waals surface area (Å²) in [6, 6.07) is 14.9. The molecule has 1 saturated carbocycles. The Morgan fingerprint density at radius 2 is 1.91 bits per heavy atom. The Morgan fingerprint density at radius 1 is 1.17 bits per heavy atom. The molecule has 8 heteroatoms. The fraction of sp³-hybridized carbons (Fsp3) is 0.407. The molecule has 184 valence electrons. The summed E-state index contributed by atoms with van der Waals surface area (Å²) >= 11 is 0. The van der Waals surface area contributed by atoms with Crippen LogP contribution in [0.3, 0.4) is 0 Å². The van der Waals surface area contributed by atoms with Crippen LogP contribution >= 0.6 is 0 Å². The predicted octanol–water partition coefficient (Wildman–Crippen LogP) is 4.27. The number of carbonyl (C=O) groups excluding carboxylic acids is 1. The smallest absolute Gasteiger partial charge is 0.317 e. The summed E-state index contributed by atoms with van der Waals surface area (Å²) in [6.07, 6.45) is 2.89. The van der Waals surface area contributed by atoms with E-state index in [0.717, 1.165) is 61.7 Å². The van der Waals surface area contributed by atoms with E-state index in [1.165, 1.54) is 23.3 Å². The summed E-state index contributed by atoms with van der Waals surface area (Å²) in [5, 5.41) is 7.93. The largest absolute Gasteiger partial charge is 0.497 e. The highest BCUT2D eigenvalue weighted by Gasteiger charge is 2.35. The number of halogens is 1. The number of hydrogen-bond acceptors (Lipinski definition) is 4. The number of aromatic nitrogens is 2. The number of amides is 2. The molecule has 2 amide bonds. The van der Waals surface area contributed by atoms with Crippen LogP contribution in [0.5, 0.6) is 5.75 Å². The van der Waals surface area contributed by atoms with Crippen molar-refractivity contribution in [3.05, 3.63) is 76.9 Å². The molecule has 1 N–H and O–H groups in total. The summed E-state index contributed by atoms with van der Waals surface area (Å²) in [4.78, 5) is 17.1. The van der Waals surface area contributed by atoms with Gasteiger partial charge in [0.05, 0.1) is 30.7 Å². The monoisotopic (exact) mass is 477 g/mol. The van der Waals surface area contributed by atoms with Crippen molar-refractivity contribution in [3.63, 3.8) is 0 Å². The van der Waals surface area contributed by atoms with Gasteiger partial charge >= 0.3 is 6.03 Å². The van der Waals surface area contributed by atoms with Gasteiger partial charge in [-0.25, -0.2) is 13.9 Å². The van der Waals surface area contributed by atoms with E-state index in [1.54, 1.807) is 19.2 Å². The zero-order valence-corrected chi connectivity index (χ0v) is 20.3. The third-order valence-electron chi connectivity index (χ3n) is 6.75. The van der Waals surface area contributed by atoms with E-state index in [1.807, 2.05) is 28.6 Å². The molecule has 0 spiro atoms. The van der Waals surface area contributed by atoms with Crippen molar-refractivity contribution in [2.24, 2.45) is 0 Å². The Hall–Kier alpha value is -3.39. The highest BCUT2D eigenvalue weighted by atomic mass is 19.1. The Balaban J connectivity index is 1.44. The summed E-state index contributed by atoms with van der Waals surface area (Å²) in [5.41, 5.74) is 5.30. The Kier molecular flexibility index (Phi) is 6.72. The van der Waals surface area contributed by atoms with E-state index in [2.05, 4.69) is 22.3 Å². The Bertz CT molecular complexity index is 1170. The lowest BCUT2D eigenvalue weighted by atomic mass is 10.0. The minimum absolute atomic E-state index is 0.0361. The average Bonchev–Trinajstić information content (AvgIpc) is 3.65. The Morgan fingerprint density at radius 3 is 2.57 bits per heavy atom. The molecule has 5 rings (SSSR count). The summed E-state index contributed by atoms with van der Waals surface area (Å²) in [7, 11) is 1.67. The predicted molar refractivity (Wildman–Crippen MR) is 132 cm³/mol. The number of urea groups is 1. The first kappa shape index (κ1) is 23.4. The molecule has 2 aromatic carbocycles. The zero-order chi connectivity index (χ0) is 24.4. The van der Waals surface area contributed by atoms with E-state index in [9.17, 15) is 9.18 Å². The van der Waals surface area contributed by atoms with E-state index < -0.39 is 0 Å². The molecule has 2 heterocycles. The second-order valence-electron chi connectivity index (χ2n) is 9.26. The molecular weight excluding hydrogens is 445 g/mol. The maximum absolute atomic E-state index is 13.6. The van der Waals surface area contributed by atoms with Crippen molar-refractivity contribution in [3.8, 4) is 11.4 Å². The fourth-order valence-electron chi connectivity index (χ4n) is 4.76. The van der Waals surface area contributed by atoms with Gasteiger partial charge in [-0.3, -0.25) is 4.90 Å². The van der Waals surface area contributed by atoms with Gasteiger partial charge in [0.2, 0.25) is 0 Å². The van der Waals surface area contributed by atoms with Crippen molar-refractivity contribution >= 4 is 6.03 Å². The molecule has 0 saturated heterocycles. The molecular formula is C27H32FN5O2. The van der Waals surface area contributed by atoms with Gasteiger partial charge in [-0.05, 0) is 61.7 Å². The first-order valence-electron chi connectivity index (χ1n) is 12.3. The number of fused-ring (bicyclic) bond motifs is 1. The number of ether oxygens (including phenoxy) is 1. The van der Waals surface area contributed by atoms with E-state index >= 15 is 0 Å². The summed E-state index contributed by atoms with van der Waals surface area (Å²) in [6.45, 7) is 5.49. The fourth-order valence-corrected chi connectivity index (χ4v) is 4.76. The molecule has 0 bridgehead atoms. The van der Waals surface area contributed by atoms with Gasteiger partial charge in [-0.15, -0.1) is 0 Å². The number of methoxy groups -OCH3 is 1. The van der Waals surface area contributed by atoms with Gasteiger partial charge in [0.1, 0.15) is 11.6 Å². The van der Waals surface area contributed by atoms with Crippen LogP contribution < -0.4 is 10.1 Å². The Labute approximate surface area is 205 Å². The van der Waals surface area contributed by atoms with Crippen molar-refractivity contribution in [1.29, 1.82) is 0 Å². The van der Waals surface area contributed by atoms with Crippen molar-refractivity contribution in [1.82, 2.24) is 24.9 Å². The molecule has 1 fully saturated rings. The van der Waals surface area contributed by atoms with E-state index in [0.29, 0.717) is 13.1 Å². The van der Waals surface area contributed by atoms with Crippen LogP contribution in [0.15, 0.2) is 48.5 Å². The number of carbonyl (C=O) groups is 1. The molecule has 1 aromatic heterocycles. The van der Waals surface area contributed by atoms with Gasteiger partial charge in [-0.1, -0.05) is 12.1 Å². The van der Waals surface area contributed by atoms with Crippen molar-refractivity contribution < 1.29 is 13.9 Å². The second kappa shape index (κ2) is 10.1. The van der Waals surface area contributed by atoms with Gasteiger partial charge < -0.3 is 15.0 Å². The normalized spacial score (nSPS) is 15.5. The van der Waals surface area contributed by atoms with Gasteiger partial charge in [0.15, 0.2) is 0 Å². The number of rotatable bonds is 8. The molecule has 2 aliphatic rings. The maximum atomic E-state index is 13.6. The van der Waals surface area contributed by atoms with Crippen LogP contribution in [-0.4, -0.2) is 51.9 Å². The van der Waals surface area contributed by atoms with Crippen LogP contribution in [0, 0.1) is 5.82 Å². The minimum atomic E-state index is -0.267. The first-order valence-corrected chi connectivity index (χ1v) is 12.3. The lowest BCUT2D eigenvalue weighted by molar-refractivity contribution is 0.191. The topological polar surface area (TPSA) is 62.6 Å². The number of benzene rings is 2. The lowest BCUT2D eigenvalue weighted by Gasteiger charge is -2.28. The highest BCUT2D eigenvalue weighted by molar-refractivity contribution is 5.74. The van der Waals surface area contributed by atoms with Crippen molar-refractivity contribution in [2.75, 3.05) is 20.2 Å². The number of nitrogens with zero attached hydrogens (tertiary/aromatic N) is 4. The van der Waals surface area contributed by atoms with E-state index in [-0.39, 0.29) is 17.9 Å². The first-order chi connectivity index (χ1) is 17.1. The second-order valence-corrected chi connectivity index (χ2v) is 9.26. The van der Waals surface area contributed by atoms with Crippen LogP contribution in [0.2, 0.25) is 0 Å². The third-order valence-corrected chi connectivity index (χ3v) is 6.75. The highest BCUT2D eigenvalue weighted by Crippen LogP contribution is 2.32. The average molecular weight is 478 g/mol. The summed E-state index contributed by atoms with van der Waals surface area (Å²) < 4.78 is 20.8. The molecule has 1 aliphatic heterocycles. The zero-order valence-electron chi connectivity index (χ0n) is 20.3. The molecule has 3 aromatic rings. The number of nitrogens with one attached hydrogen (secondary N) is 1. The molecule has 0 radical (unpaired) electrons.